The molecule has 0 unspecified atom stereocenters. The summed E-state index contributed by atoms with van der Waals surface area (Å²) in [6.45, 7) is 1.60. The van der Waals surface area contributed by atoms with Crippen molar-refractivity contribution in [1.29, 1.82) is 0 Å². The fourth-order valence-corrected chi connectivity index (χ4v) is 3.71. The minimum Gasteiger partial charge on any atom is -0.389 e. The van der Waals surface area contributed by atoms with E-state index >= 15 is 0 Å². The second-order valence-corrected chi connectivity index (χ2v) is 7.51. The topological polar surface area (TPSA) is 79.2 Å². The van der Waals surface area contributed by atoms with Gasteiger partial charge in [0, 0.05) is 12.1 Å². The highest BCUT2D eigenvalue weighted by Gasteiger charge is 2.47. The molecule has 9 heteroatoms. The third kappa shape index (κ3) is 4.27. The maximum atomic E-state index is 13.8. The van der Waals surface area contributed by atoms with Gasteiger partial charge in [-0.2, -0.15) is 18.3 Å². The van der Waals surface area contributed by atoms with Crippen molar-refractivity contribution in [3.05, 3.63) is 77.5 Å². The van der Waals surface area contributed by atoms with Crippen LogP contribution in [-0.4, -0.2) is 27.0 Å². The third-order valence-electron chi connectivity index (χ3n) is 5.31. The van der Waals surface area contributed by atoms with Gasteiger partial charge in [-0.05, 0) is 30.2 Å². The summed E-state index contributed by atoms with van der Waals surface area (Å²) in [6, 6.07) is 13.0. The number of hydrogen-bond acceptors (Lipinski definition) is 4. The number of anilines is 2. The molecule has 0 bridgehead atoms. The van der Waals surface area contributed by atoms with Crippen molar-refractivity contribution in [1.82, 2.24) is 9.78 Å². The molecule has 0 aliphatic carbocycles. The van der Waals surface area contributed by atoms with E-state index in [4.69, 9.17) is 0 Å². The fraction of sp³-hybridized carbons (Fsp3) is 0.273. The molecule has 3 N–H and O–H groups in total. The highest BCUT2D eigenvalue weighted by atomic mass is 19.4. The SMILES string of the molecule is C[C@@H](O)c1cccc(NC(=O)c2cnn3c2N[C@H](c2ccccc2)C[C@@H]3C(F)(F)F)c1. The van der Waals surface area contributed by atoms with Gasteiger partial charge >= 0.3 is 6.18 Å². The smallest absolute Gasteiger partial charge is 0.389 e. The zero-order valence-corrected chi connectivity index (χ0v) is 16.6. The lowest BCUT2D eigenvalue weighted by atomic mass is 9.96. The molecule has 0 saturated heterocycles. The van der Waals surface area contributed by atoms with E-state index in [9.17, 15) is 23.1 Å². The van der Waals surface area contributed by atoms with E-state index in [0.717, 1.165) is 10.9 Å². The summed E-state index contributed by atoms with van der Waals surface area (Å²) in [6.07, 6.45) is -4.33. The Kier molecular flexibility index (Phi) is 5.45. The predicted octanol–water partition coefficient (Wildman–Crippen LogP) is 4.85. The van der Waals surface area contributed by atoms with Crippen LogP contribution in [0.15, 0.2) is 60.8 Å². The molecule has 3 atom stereocenters. The molecule has 3 aromatic rings. The van der Waals surface area contributed by atoms with Crippen LogP contribution in [0.25, 0.3) is 0 Å². The number of rotatable bonds is 4. The molecule has 0 spiro atoms. The van der Waals surface area contributed by atoms with E-state index in [2.05, 4.69) is 15.7 Å². The standard InChI is InChI=1S/C22H21F3N4O2/c1-13(30)15-8-5-9-16(10-15)27-21(31)17-12-26-29-19(22(23,24)25)11-18(28-20(17)29)14-6-3-2-4-7-14/h2-10,12-13,18-19,28,30H,11H2,1H3,(H,27,31)/t13-,18+,19-/m1/s1. The number of hydrogen-bond donors (Lipinski definition) is 3. The van der Waals surface area contributed by atoms with Crippen molar-refractivity contribution < 1.29 is 23.1 Å². The number of benzene rings is 2. The number of aliphatic hydroxyl groups excluding tert-OH is 1. The summed E-state index contributed by atoms with van der Waals surface area (Å²) in [7, 11) is 0. The lowest BCUT2D eigenvalue weighted by Crippen LogP contribution is -2.36. The Morgan fingerprint density at radius 2 is 1.97 bits per heavy atom. The van der Waals surface area contributed by atoms with Gasteiger partial charge in [0.05, 0.1) is 18.3 Å². The Morgan fingerprint density at radius 1 is 1.23 bits per heavy atom. The summed E-state index contributed by atoms with van der Waals surface area (Å²) < 4.78 is 42.2. The molecule has 0 saturated carbocycles. The first-order chi connectivity index (χ1) is 14.7. The van der Waals surface area contributed by atoms with Crippen LogP contribution < -0.4 is 10.6 Å². The van der Waals surface area contributed by atoms with Crippen molar-refractivity contribution >= 4 is 17.4 Å². The molecule has 1 aliphatic heterocycles. The summed E-state index contributed by atoms with van der Waals surface area (Å²) in [5.41, 5.74) is 1.73. The van der Waals surface area contributed by atoms with E-state index < -0.39 is 30.3 Å². The second-order valence-electron chi connectivity index (χ2n) is 7.51. The fourth-order valence-electron chi connectivity index (χ4n) is 3.71. The van der Waals surface area contributed by atoms with Gasteiger partial charge < -0.3 is 15.7 Å². The van der Waals surface area contributed by atoms with Gasteiger partial charge in [0.15, 0.2) is 6.04 Å². The number of fused-ring (bicyclic) bond motifs is 1. The minimum atomic E-state index is -4.52. The van der Waals surface area contributed by atoms with E-state index in [1.54, 1.807) is 61.5 Å². The molecule has 162 valence electrons. The van der Waals surface area contributed by atoms with Crippen LogP contribution in [-0.2, 0) is 0 Å². The largest absolute Gasteiger partial charge is 0.410 e. The monoisotopic (exact) mass is 430 g/mol. The van der Waals surface area contributed by atoms with E-state index in [0.29, 0.717) is 16.8 Å². The lowest BCUT2D eigenvalue weighted by Gasteiger charge is -2.34. The minimum absolute atomic E-state index is 0.0114. The molecule has 2 heterocycles. The maximum Gasteiger partial charge on any atom is 0.410 e. The van der Waals surface area contributed by atoms with Crippen LogP contribution in [0.3, 0.4) is 0 Å². The quantitative estimate of drug-likeness (QED) is 0.553. The lowest BCUT2D eigenvalue weighted by molar-refractivity contribution is -0.173. The van der Waals surface area contributed by atoms with Crippen LogP contribution in [0.2, 0.25) is 0 Å². The number of halogens is 3. The van der Waals surface area contributed by atoms with Crippen LogP contribution in [0.1, 0.15) is 53.0 Å². The molecule has 4 rings (SSSR count). The zero-order valence-electron chi connectivity index (χ0n) is 16.6. The van der Waals surface area contributed by atoms with Crippen LogP contribution in [0, 0.1) is 0 Å². The van der Waals surface area contributed by atoms with Crippen molar-refractivity contribution in [2.45, 2.75) is 37.7 Å². The Hall–Kier alpha value is -3.33. The summed E-state index contributed by atoms with van der Waals surface area (Å²) in [4.78, 5) is 12.9. The van der Waals surface area contributed by atoms with Gasteiger partial charge in [0.2, 0.25) is 0 Å². The summed E-state index contributed by atoms with van der Waals surface area (Å²) in [5.74, 6) is -0.572. The molecule has 31 heavy (non-hydrogen) atoms. The highest BCUT2D eigenvalue weighted by molar-refractivity contribution is 6.07. The molecule has 2 aromatic carbocycles. The number of alkyl halides is 3. The van der Waals surface area contributed by atoms with Gasteiger partial charge in [-0.15, -0.1) is 0 Å². The van der Waals surface area contributed by atoms with Gasteiger partial charge in [0.1, 0.15) is 11.4 Å². The summed E-state index contributed by atoms with van der Waals surface area (Å²) in [5, 5.41) is 19.3. The zero-order chi connectivity index (χ0) is 22.2. The predicted molar refractivity (Wildman–Crippen MR) is 110 cm³/mol. The summed E-state index contributed by atoms with van der Waals surface area (Å²) >= 11 is 0. The third-order valence-corrected chi connectivity index (χ3v) is 5.31. The van der Waals surface area contributed by atoms with Gasteiger partial charge in [-0.25, -0.2) is 4.68 Å². The van der Waals surface area contributed by atoms with Crippen LogP contribution in [0.5, 0.6) is 0 Å². The first kappa shape index (κ1) is 20.9. The molecule has 0 radical (unpaired) electrons. The first-order valence-corrected chi connectivity index (χ1v) is 9.79. The van der Waals surface area contributed by atoms with Crippen molar-refractivity contribution in [2.75, 3.05) is 10.6 Å². The molecule has 1 amide bonds. The second kappa shape index (κ2) is 8.07. The number of amides is 1. The average molecular weight is 430 g/mol. The number of aromatic nitrogens is 2. The molecule has 6 nitrogen and oxygen atoms in total. The van der Waals surface area contributed by atoms with Crippen LogP contribution >= 0.6 is 0 Å². The molecule has 1 aromatic heterocycles. The maximum absolute atomic E-state index is 13.8. The number of nitrogens with one attached hydrogen (secondary N) is 2. The van der Waals surface area contributed by atoms with Gasteiger partial charge in [-0.1, -0.05) is 42.5 Å². The first-order valence-electron chi connectivity index (χ1n) is 9.79. The van der Waals surface area contributed by atoms with Crippen molar-refractivity contribution in [3.8, 4) is 0 Å². The molecular weight excluding hydrogens is 409 g/mol. The number of nitrogens with zero attached hydrogens (tertiary/aromatic N) is 2. The van der Waals surface area contributed by atoms with E-state index in [1.807, 2.05) is 0 Å². The number of aliphatic hydroxyl groups is 1. The van der Waals surface area contributed by atoms with Crippen molar-refractivity contribution in [2.24, 2.45) is 0 Å². The molecular formula is C22H21F3N4O2. The molecule has 1 aliphatic rings. The molecule has 0 fully saturated rings. The Bertz CT molecular complexity index is 1080. The van der Waals surface area contributed by atoms with E-state index in [-0.39, 0.29) is 17.8 Å². The van der Waals surface area contributed by atoms with Gasteiger partial charge in [-0.3, -0.25) is 4.79 Å². The highest BCUT2D eigenvalue weighted by Crippen LogP contribution is 2.44. The van der Waals surface area contributed by atoms with Crippen molar-refractivity contribution in [3.63, 3.8) is 0 Å². The van der Waals surface area contributed by atoms with Crippen LogP contribution in [0.4, 0.5) is 24.7 Å². The van der Waals surface area contributed by atoms with Gasteiger partial charge in [0.25, 0.3) is 5.91 Å². The number of carbonyl (C=O) groups excluding carboxylic acids is 1. The average Bonchev–Trinajstić information content (AvgIpc) is 3.17. The normalized spacial score (nSPS) is 19.3. The Labute approximate surface area is 176 Å². The number of carbonyl (C=O) groups is 1. The Morgan fingerprint density at radius 3 is 2.65 bits per heavy atom. The Balaban J connectivity index is 1.67. The van der Waals surface area contributed by atoms with E-state index in [1.165, 1.54) is 0 Å².